The quantitative estimate of drug-likeness (QED) is 0.681. The van der Waals surface area contributed by atoms with E-state index in [2.05, 4.69) is 27.9 Å². The lowest BCUT2D eigenvalue weighted by Gasteiger charge is -2.05. The number of benzene rings is 2. The summed E-state index contributed by atoms with van der Waals surface area (Å²) in [6, 6.07) is 14.1. The van der Waals surface area contributed by atoms with Crippen LogP contribution in [-0.2, 0) is 0 Å². The third-order valence-electron chi connectivity index (χ3n) is 2.39. The van der Waals surface area contributed by atoms with E-state index >= 15 is 0 Å². The third-order valence-corrected chi connectivity index (χ3v) is 3.06. The average molecular weight is 351 g/mol. The minimum atomic E-state index is -0.160. The molecule has 0 unspecified atom stereocenters. The number of carbonyl (C=O) groups is 2. The van der Waals surface area contributed by atoms with Crippen molar-refractivity contribution in [3.63, 3.8) is 0 Å². The molecule has 4 heteroatoms. The van der Waals surface area contributed by atoms with Crippen molar-refractivity contribution in [1.29, 1.82) is 0 Å². The van der Waals surface area contributed by atoms with Crippen LogP contribution in [0.25, 0.3) is 0 Å². The summed E-state index contributed by atoms with van der Waals surface area (Å²) in [5, 5.41) is 2.78. The Morgan fingerprint density at radius 1 is 1.11 bits per heavy atom. The second-order valence-corrected chi connectivity index (χ2v) is 4.95. The lowest BCUT2D eigenvalue weighted by molar-refractivity contribution is 0.102. The monoisotopic (exact) mass is 351 g/mol. The van der Waals surface area contributed by atoms with Crippen molar-refractivity contribution < 1.29 is 9.59 Å². The van der Waals surface area contributed by atoms with Crippen LogP contribution in [-0.4, -0.2) is 12.2 Å². The van der Waals surface area contributed by atoms with Gasteiger partial charge in [0.25, 0.3) is 5.91 Å². The van der Waals surface area contributed by atoms with Crippen molar-refractivity contribution in [2.75, 3.05) is 5.32 Å². The Morgan fingerprint density at radius 2 is 1.83 bits per heavy atom. The minimum absolute atomic E-state index is 0.160. The van der Waals surface area contributed by atoms with Gasteiger partial charge in [-0.05, 0) is 65.1 Å². The van der Waals surface area contributed by atoms with Gasteiger partial charge in [0.2, 0.25) is 0 Å². The SMILES string of the molecule is O=Cc1ccc(NC(=O)c2cccc(I)c2)cc1. The lowest BCUT2D eigenvalue weighted by Crippen LogP contribution is -2.11. The maximum absolute atomic E-state index is 11.9. The van der Waals surface area contributed by atoms with E-state index in [4.69, 9.17) is 0 Å². The van der Waals surface area contributed by atoms with Crippen molar-refractivity contribution in [3.05, 3.63) is 63.2 Å². The Morgan fingerprint density at radius 3 is 2.44 bits per heavy atom. The molecule has 0 radical (unpaired) electrons. The molecule has 2 aromatic carbocycles. The van der Waals surface area contributed by atoms with Gasteiger partial charge in [-0.25, -0.2) is 0 Å². The second kappa shape index (κ2) is 5.77. The first-order valence-corrected chi connectivity index (χ1v) is 6.39. The van der Waals surface area contributed by atoms with Crippen LogP contribution in [0.4, 0.5) is 5.69 Å². The first-order chi connectivity index (χ1) is 8.69. The van der Waals surface area contributed by atoms with Crippen molar-refractivity contribution in [3.8, 4) is 0 Å². The number of hydrogen-bond donors (Lipinski definition) is 1. The van der Waals surface area contributed by atoms with Gasteiger partial charge in [-0.15, -0.1) is 0 Å². The highest BCUT2D eigenvalue weighted by Gasteiger charge is 2.05. The Hall–Kier alpha value is -1.69. The van der Waals surface area contributed by atoms with Gasteiger partial charge in [0, 0.05) is 20.4 Å². The molecule has 90 valence electrons. The Labute approximate surface area is 118 Å². The minimum Gasteiger partial charge on any atom is -0.322 e. The molecule has 0 aliphatic rings. The van der Waals surface area contributed by atoms with E-state index in [-0.39, 0.29) is 5.91 Å². The maximum atomic E-state index is 11.9. The first-order valence-electron chi connectivity index (χ1n) is 5.31. The number of rotatable bonds is 3. The van der Waals surface area contributed by atoms with Crippen LogP contribution in [0.5, 0.6) is 0 Å². The van der Waals surface area contributed by atoms with E-state index in [1.807, 2.05) is 18.2 Å². The Kier molecular flexibility index (Phi) is 4.09. The molecule has 1 amide bonds. The highest BCUT2D eigenvalue weighted by atomic mass is 127. The van der Waals surface area contributed by atoms with Crippen molar-refractivity contribution in [1.82, 2.24) is 0 Å². The summed E-state index contributed by atoms with van der Waals surface area (Å²) in [5.41, 5.74) is 1.87. The van der Waals surface area contributed by atoms with Crippen LogP contribution in [0.3, 0.4) is 0 Å². The molecule has 0 spiro atoms. The molecule has 0 aliphatic carbocycles. The fraction of sp³-hybridized carbons (Fsp3) is 0. The summed E-state index contributed by atoms with van der Waals surface area (Å²) in [4.78, 5) is 22.4. The highest BCUT2D eigenvalue weighted by Crippen LogP contribution is 2.12. The van der Waals surface area contributed by atoms with Crippen molar-refractivity contribution in [2.45, 2.75) is 0 Å². The van der Waals surface area contributed by atoms with Crippen LogP contribution in [0, 0.1) is 3.57 Å². The summed E-state index contributed by atoms with van der Waals surface area (Å²) in [7, 11) is 0. The number of carbonyl (C=O) groups excluding carboxylic acids is 2. The zero-order chi connectivity index (χ0) is 13.0. The summed E-state index contributed by atoms with van der Waals surface area (Å²) in [6.45, 7) is 0. The highest BCUT2D eigenvalue weighted by molar-refractivity contribution is 14.1. The molecule has 0 atom stereocenters. The van der Waals surface area contributed by atoms with Gasteiger partial charge < -0.3 is 5.32 Å². The topological polar surface area (TPSA) is 46.2 Å². The zero-order valence-corrected chi connectivity index (χ0v) is 11.5. The Balaban J connectivity index is 2.13. The lowest BCUT2D eigenvalue weighted by atomic mass is 10.2. The molecule has 0 aromatic heterocycles. The molecule has 0 saturated heterocycles. The first kappa shape index (κ1) is 12.8. The van der Waals surface area contributed by atoms with Gasteiger partial charge in [0.05, 0.1) is 0 Å². The van der Waals surface area contributed by atoms with Crippen molar-refractivity contribution >= 4 is 40.5 Å². The Bertz CT molecular complexity index is 579. The number of aldehydes is 1. The molecule has 1 N–H and O–H groups in total. The van der Waals surface area contributed by atoms with E-state index in [1.54, 1.807) is 30.3 Å². The number of hydrogen-bond acceptors (Lipinski definition) is 2. The molecular formula is C14H10INO2. The predicted molar refractivity (Wildman–Crippen MR) is 78.9 cm³/mol. The summed E-state index contributed by atoms with van der Waals surface area (Å²) in [5.74, 6) is -0.160. The van der Waals surface area contributed by atoms with E-state index < -0.39 is 0 Å². The molecule has 2 aromatic rings. The normalized spacial score (nSPS) is 9.83. The van der Waals surface area contributed by atoms with Crippen LogP contribution in [0.1, 0.15) is 20.7 Å². The average Bonchev–Trinajstić information content (AvgIpc) is 2.39. The smallest absolute Gasteiger partial charge is 0.255 e. The number of halogens is 1. The molecule has 0 bridgehead atoms. The third kappa shape index (κ3) is 3.16. The number of amides is 1. The second-order valence-electron chi connectivity index (χ2n) is 3.70. The predicted octanol–water partition coefficient (Wildman–Crippen LogP) is 3.36. The largest absolute Gasteiger partial charge is 0.322 e. The molecule has 0 aliphatic heterocycles. The van der Waals surface area contributed by atoms with E-state index in [0.717, 1.165) is 9.86 Å². The summed E-state index contributed by atoms with van der Waals surface area (Å²) < 4.78 is 1.01. The molecule has 18 heavy (non-hydrogen) atoms. The number of anilines is 1. The van der Waals surface area contributed by atoms with Gasteiger partial charge in [0.1, 0.15) is 6.29 Å². The number of nitrogens with one attached hydrogen (secondary N) is 1. The van der Waals surface area contributed by atoms with E-state index in [0.29, 0.717) is 16.8 Å². The molecule has 0 fully saturated rings. The van der Waals surface area contributed by atoms with Crippen molar-refractivity contribution in [2.24, 2.45) is 0 Å². The van der Waals surface area contributed by atoms with Crippen LogP contribution in [0.15, 0.2) is 48.5 Å². The van der Waals surface area contributed by atoms with E-state index in [9.17, 15) is 9.59 Å². The van der Waals surface area contributed by atoms with Gasteiger partial charge in [-0.3, -0.25) is 9.59 Å². The van der Waals surface area contributed by atoms with Crippen LogP contribution >= 0.6 is 22.6 Å². The van der Waals surface area contributed by atoms with Gasteiger partial charge in [0.15, 0.2) is 0 Å². The maximum Gasteiger partial charge on any atom is 0.255 e. The standard InChI is InChI=1S/C14H10INO2/c15-12-3-1-2-11(8-12)14(18)16-13-6-4-10(9-17)5-7-13/h1-9H,(H,16,18). The summed E-state index contributed by atoms with van der Waals surface area (Å²) >= 11 is 2.16. The van der Waals surface area contributed by atoms with E-state index in [1.165, 1.54) is 0 Å². The molecule has 2 rings (SSSR count). The molecular weight excluding hydrogens is 341 g/mol. The van der Waals surface area contributed by atoms with Gasteiger partial charge in [-0.2, -0.15) is 0 Å². The molecule has 0 saturated carbocycles. The fourth-order valence-corrected chi connectivity index (χ4v) is 2.02. The van der Waals surface area contributed by atoms with Gasteiger partial charge >= 0.3 is 0 Å². The molecule has 0 heterocycles. The zero-order valence-electron chi connectivity index (χ0n) is 9.39. The van der Waals surface area contributed by atoms with Gasteiger partial charge in [-0.1, -0.05) is 6.07 Å². The summed E-state index contributed by atoms with van der Waals surface area (Å²) in [6.07, 6.45) is 0.769. The van der Waals surface area contributed by atoms with Crippen LogP contribution < -0.4 is 5.32 Å². The fourth-order valence-electron chi connectivity index (χ4n) is 1.48. The van der Waals surface area contributed by atoms with Crippen LogP contribution in [0.2, 0.25) is 0 Å². The molecule has 3 nitrogen and oxygen atoms in total.